The summed E-state index contributed by atoms with van der Waals surface area (Å²) >= 11 is 19.6. The van der Waals surface area contributed by atoms with Crippen LogP contribution in [0.4, 0.5) is 0 Å². The second kappa shape index (κ2) is 9.95. The molecule has 0 N–H and O–H groups in total. The summed E-state index contributed by atoms with van der Waals surface area (Å²) in [6, 6.07) is 0. The maximum atomic E-state index is 7.03. The van der Waals surface area contributed by atoms with E-state index >= 15 is 0 Å². The SMILES string of the molecule is ClC(Cl)=C(C(Cl)C(N1CCOCC1)N1CCOCC1)N1CCOCC1. The van der Waals surface area contributed by atoms with Crippen LogP contribution in [0.5, 0.6) is 0 Å². The minimum Gasteiger partial charge on any atom is -0.379 e. The van der Waals surface area contributed by atoms with Crippen LogP contribution in [0.25, 0.3) is 0 Å². The van der Waals surface area contributed by atoms with Crippen molar-refractivity contribution in [3.63, 3.8) is 0 Å². The Morgan fingerprint density at radius 3 is 1.48 bits per heavy atom. The minimum atomic E-state index is -0.334. The van der Waals surface area contributed by atoms with Crippen molar-refractivity contribution >= 4 is 34.8 Å². The van der Waals surface area contributed by atoms with Crippen LogP contribution >= 0.6 is 34.8 Å². The minimum absolute atomic E-state index is 0.0137. The molecule has 0 radical (unpaired) electrons. The zero-order chi connectivity index (χ0) is 17.6. The van der Waals surface area contributed by atoms with Gasteiger partial charge >= 0.3 is 0 Å². The summed E-state index contributed by atoms with van der Waals surface area (Å²) in [5, 5.41) is -0.334. The smallest absolute Gasteiger partial charge is 0.127 e. The van der Waals surface area contributed by atoms with Gasteiger partial charge in [0.1, 0.15) is 9.87 Å². The number of rotatable bonds is 5. The summed E-state index contributed by atoms with van der Waals surface area (Å²) in [7, 11) is 0. The molecule has 0 spiro atoms. The van der Waals surface area contributed by atoms with Crippen LogP contribution in [-0.2, 0) is 14.2 Å². The van der Waals surface area contributed by atoms with Crippen molar-refractivity contribution in [3.05, 3.63) is 10.2 Å². The maximum Gasteiger partial charge on any atom is 0.127 e. The van der Waals surface area contributed by atoms with Gasteiger partial charge in [-0.05, 0) is 0 Å². The lowest BCUT2D eigenvalue weighted by molar-refractivity contribution is -0.0666. The Hall–Kier alpha value is 0.210. The molecule has 0 aliphatic carbocycles. The van der Waals surface area contributed by atoms with Gasteiger partial charge in [-0.3, -0.25) is 9.80 Å². The summed E-state index contributed by atoms with van der Waals surface area (Å²) in [5.74, 6) is 0. The average molecular weight is 415 g/mol. The first kappa shape index (κ1) is 20.0. The molecule has 3 aliphatic heterocycles. The van der Waals surface area contributed by atoms with Crippen molar-refractivity contribution in [1.82, 2.24) is 14.7 Å². The molecular formula is C16H26Cl3N3O3. The molecule has 0 bridgehead atoms. The Morgan fingerprint density at radius 1 is 0.680 bits per heavy atom. The molecule has 0 saturated carbocycles. The fraction of sp³-hybridized carbons (Fsp3) is 0.875. The Balaban J connectivity index is 1.82. The van der Waals surface area contributed by atoms with Gasteiger partial charge in [0.05, 0.1) is 51.5 Å². The lowest BCUT2D eigenvalue weighted by Crippen LogP contribution is -2.60. The molecule has 25 heavy (non-hydrogen) atoms. The van der Waals surface area contributed by atoms with Gasteiger partial charge in [-0.15, -0.1) is 11.6 Å². The molecule has 3 aliphatic rings. The van der Waals surface area contributed by atoms with Gasteiger partial charge in [-0.2, -0.15) is 0 Å². The molecule has 1 atom stereocenters. The Labute approximate surface area is 164 Å². The molecule has 3 fully saturated rings. The van der Waals surface area contributed by atoms with E-state index in [-0.39, 0.29) is 16.0 Å². The molecule has 9 heteroatoms. The maximum absolute atomic E-state index is 7.03. The summed E-state index contributed by atoms with van der Waals surface area (Å²) < 4.78 is 16.7. The standard InChI is InChI=1S/C16H26Cl3N3O3/c17-13(14(15(18)19)20-1-7-23-8-2-20)16(21-3-9-24-10-4-21)22-5-11-25-12-6-22/h13,16H,1-12H2. The van der Waals surface area contributed by atoms with E-state index in [1.165, 1.54) is 0 Å². The predicted molar refractivity (Wildman–Crippen MR) is 99.3 cm³/mol. The first-order chi connectivity index (χ1) is 12.2. The van der Waals surface area contributed by atoms with Crippen molar-refractivity contribution < 1.29 is 14.2 Å². The topological polar surface area (TPSA) is 37.4 Å². The van der Waals surface area contributed by atoms with Gasteiger partial charge in [0.2, 0.25) is 0 Å². The van der Waals surface area contributed by atoms with Crippen LogP contribution in [0.3, 0.4) is 0 Å². The first-order valence-electron chi connectivity index (χ1n) is 8.84. The molecule has 0 aromatic heterocycles. The molecule has 0 aromatic rings. The monoisotopic (exact) mass is 413 g/mol. The summed E-state index contributed by atoms with van der Waals surface area (Å²) in [6.07, 6.45) is 0.0137. The molecule has 1 unspecified atom stereocenters. The first-order valence-corrected chi connectivity index (χ1v) is 10.0. The molecule has 3 rings (SSSR count). The lowest BCUT2D eigenvalue weighted by Gasteiger charge is -2.46. The van der Waals surface area contributed by atoms with E-state index in [1.807, 2.05) is 0 Å². The van der Waals surface area contributed by atoms with Gasteiger partial charge in [-0.25, -0.2) is 0 Å². The molecule has 6 nitrogen and oxygen atoms in total. The third-order valence-corrected chi connectivity index (χ3v) is 5.73. The van der Waals surface area contributed by atoms with Crippen LogP contribution in [-0.4, -0.2) is 105 Å². The summed E-state index contributed by atoms with van der Waals surface area (Å²) in [4.78, 5) is 6.91. The van der Waals surface area contributed by atoms with E-state index < -0.39 is 0 Å². The largest absolute Gasteiger partial charge is 0.379 e. The lowest BCUT2D eigenvalue weighted by atomic mass is 10.1. The highest BCUT2D eigenvalue weighted by Crippen LogP contribution is 2.31. The average Bonchev–Trinajstić information content (AvgIpc) is 2.64. The number of halogens is 3. The highest BCUT2D eigenvalue weighted by molar-refractivity contribution is 6.56. The Kier molecular flexibility index (Phi) is 7.94. The van der Waals surface area contributed by atoms with Crippen LogP contribution in [0.1, 0.15) is 0 Å². The molecule has 3 heterocycles. The zero-order valence-electron chi connectivity index (χ0n) is 14.3. The van der Waals surface area contributed by atoms with Crippen molar-refractivity contribution in [1.29, 1.82) is 0 Å². The van der Waals surface area contributed by atoms with Crippen molar-refractivity contribution in [3.8, 4) is 0 Å². The van der Waals surface area contributed by atoms with Gasteiger partial charge < -0.3 is 19.1 Å². The highest BCUT2D eigenvalue weighted by Gasteiger charge is 2.38. The van der Waals surface area contributed by atoms with Crippen molar-refractivity contribution in [2.24, 2.45) is 0 Å². The third-order valence-electron chi connectivity index (χ3n) is 4.91. The fourth-order valence-electron chi connectivity index (χ4n) is 3.63. The van der Waals surface area contributed by atoms with E-state index in [4.69, 9.17) is 49.0 Å². The van der Waals surface area contributed by atoms with Crippen LogP contribution in [0.2, 0.25) is 0 Å². The zero-order valence-corrected chi connectivity index (χ0v) is 16.6. The summed E-state index contributed by atoms with van der Waals surface area (Å²) in [5.41, 5.74) is 0.802. The van der Waals surface area contributed by atoms with Gasteiger partial charge in [0.15, 0.2) is 0 Å². The van der Waals surface area contributed by atoms with Crippen LogP contribution < -0.4 is 0 Å². The molecule has 3 saturated heterocycles. The number of nitrogens with zero attached hydrogens (tertiary/aromatic N) is 3. The summed E-state index contributed by atoms with van der Waals surface area (Å²) in [6.45, 7) is 9.09. The van der Waals surface area contributed by atoms with E-state index in [2.05, 4.69) is 14.7 Å². The van der Waals surface area contributed by atoms with E-state index in [0.29, 0.717) is 13.2 Å². The van der Waals surface area contributed by atoms with Gasteiger partial charge in [-0.1, -0.05) is 23.2 Å². The molecule has 144 valence electrons. The Bertz CT molecular complexity index is 429. The molecule has 0 aromatic carbocycles. The van der Waals surface area contributed by atoms with E-state index in [1.54, 1.807) is 0 Å². The quantitative estimate of drug-likeness (QED) is 0.636. The number of ether oxygens (including phenoxy) is 3. The van der Waals surface area contributed by atoms with Crippen LogP contribution in [0, 0.1) is 0 Å². The van der Waals surface area contributed by atoms with Crippen molar-refractivity contribution in [2.45, 2.75) is 11.5 Å². The van der Waals surface area contributed by atoms with Crippen LogP contribution in [0.15, 0.2) is 10.2 Å². The Morgan fingerprint density at radius 2 is 1.08 bits per heavy atom. The third kappa shape index (κ3) is 5.14. The number of alkyl halides is 1. The second-order valence-corrected chi connectivity index (χ2v) is 7.78. The fourth-order valence-corrected chi connectivity index (χ4v) is 4.78. The number of hydrogen-bond donors (Lipinski definition) is 0. The normalized spacial score (nSPS) is 25.2. The number of hydrogen-bond acceptors (Lipinski definition) is 6. The van der Waals surface area contributed by atoms with E-state index in [9.17, 15) is 0 Å². The predicted octanol–water partition coefficient (Wildman–Crippen LogP) is 1.56. The second-order valence-electron chi connectivity index (χ2n) is 6.36. The molecular weight excluding hydrogens is 389 g/mol. The van der Waals surface area contributed by atoms with Gasteiger partial charge in [0.25, 0.3) is 0 Å². The number of morpholine rings is 3. The van der Waals surface area contributed by atoms with Crippen molar-refractivity contribution in [2.75, 3.05) is 78.9 Å². The highest BCUT2D eigenvalue weighted by atomic mass is 35.5. The molecule has 0 amide bonds. The van der Waals surface area contributed by atoms with E-state index in [0.717, 1.165) is 71.4 Å². The van der Waals surface area contributed by atoms with Gasteiger partial charge in [0, 0.05) is 39.3 Å².